The van der Waals surface area contributed by atoms with Crippen molar-refractivity contribution in [2.45, 2.75) is 12.0 Å². The number of hydrogen-bond donors (Lipinski definition) is 2. The zero-order valence-corrected chi connectivity index (χ0v) is 11.2. The van der Waals surface area contributed by atoms with Crippen molar-refractivity contribution in [3.63, 3.8) is 0 Å². The SMILES string of the molecule is NC1(CC(=O)NC(=O)c2ccc(Br)cc2)COC1. The molecule has 18 heavy (non-hydrogen) atoms. The molecule has 1 aliphatic rings. The Morgan fingerprint density at radius 2 is 1.94 bits per heavy atom. The van der Waals surface area contributed by atoms with Crippen LogP contribution in [0.5, 0.6) is 0 Å². The maximum absolute atomic E-state index is 11.7. The number of hydrogen-bond acceptors (Lipinski definition) is 4. The highest BCUT2D eigenvalue weighted by Gasteiger charge is 2.36. The maximum atomic E-state index is 11.7. The van der Waals surface area contributed by atoms with Crippen molar-refractivity contribution in [3.8, 4) is 0 Å². The van der Waals surface area contributed by atoms with Gasteiger partial charge in [0, 0.05) is 16.5 Å². The van der Waals surface area contributed by atoms with Crippen LogP contribution in [-0.4, -0.2) is 30.6 Å². The lowest BCUT2D eigenvalue weighted by Gasteiger charge is -2.36. The lowest BCUT2D eigenvalue weighted by molar-refractivity contribution is -0.127. The number of carbonyl (C=O) groups excluding carboxylic acids is 2. The first-order valence-electron chi connectivity index (χ1n) is 5.45. The summed E-state index contributed by atoms with van der Waals surface area (Å²) in [6, 6.07) is 6.75. The van der Waals surface area contributed by atoms with Crippen molar-refractivity contribution < 1.29 is 14.3 Å². The topological polar surface area (TPSA) is 81.4 Å². The van der Waals surface area contributed by atoms with Gasteiger partial charge < -0.3 is 10.5 Å². The molecular weight excluding hydrogens is 300 g/mol. The van der Waals surface area contributed by atoms with Gasteiger partial charge in [0.2, 0.25) is 5.91 Å². The number of nitrogens with two attached hydrogens (primary N) is 1. The van der Waals surface area contributed by atoms with Gasteiger partial charge in [-0.05, 0) is 24.3 Å². The van der Waals surface area contributed by atoms with Crippen LogP contribution in [0, 0.1) is 0 Å². The van der Waals surface area contributed by atoms with Crippen molar-refractivity contribution in [3.05, 3.63) is 34.3 Å². The van der Waals surface area contributed by atoms with Crippen molar-refractivity contribution >= 4 is 27.7 Å². The largest absolute Gasteiger partial charge is 0.377 e. The third-order valence-electron chi connectivity index (χ3n) is 2.65. The molecule has 6 heteroatoms. The molecule has 1 aromatic carbocycles. The second-order valence-electron chi connectivity index (χ2n) is 4.42. The molecule has 0 unspecified atom stereocenters. The monoisotopic (exact) mass is 312 g/mol. The molecule has 1 saturated heterocycles. The number of rotatable bonds is 3. The minimum atomic E-state index is -0.621. The summed E-state index contributed by atoms with van der Waals surface area (Å²) < 4.78 is 5.82. The Morgan fingerprint density at radius 3 is 2.44 bits per heavy atom. The fourth-order valence-corrected chi connectivity index (χ4v) is 1.89. The van der Waals surface area contributed by atoms with E-state index in [4.69, 9.17) is 10.5 Å². The molecule has 0 spiro atoms. The maximum Gasteiger partial charge on any atom is 0.257 e. The third kappa shape index (κ3) is 3.16. The highest BCUT2D eigenvalue weighted by atomic mass is 79.9. The molecule has 1 aromatic rings. The predicted octanol–water partition coefficient (Wildman–Crippen LogP) is 0.823. The van der Waals surface area contributed by atoms with Gasteiger partial charge in [0.25, 0.3) is 5.91 Å². The molecule has 96 valence electrons. The summed E-state index contributed by atoms with van der Waals surface area (Å²) >= 11 is 3.27. The molecule has 1 fully saturated rings. The minimum absolute atomic E-state index is 0.0925. The van der Waals surface area contributed by atoms with Gasteiger partial charge in [-0.1, -0.05) is 15.9 Å². The molecule has 0 aliphatic carbocycles. The van der Waals surface area contributed by atoms with E-state index >= 15 is 0 Å². The molecule has 0 atom stereocenters. The van der Waals surface area contributed by atoms with Gasteiger partial charge in [-0.15, -0.1) is 0 Å². The second-order valence-corrected chi connectivity index (χ2v) is 5.33. The zero-order chi connectivity index (χ0) is 13.2. The summed E-state index contributed by atoms with van der Waals surface area (Å²) in [6.45, 7) is 0.708. The van der Waals surface area contributed by atoms with Gasteiger partial charge >= 0.3 is 0 Å². The lowest BCUT2D eigenvalue weighted by Crippen LogP contribution is -2.59. The summed E-state index contributed by atoms with van der Waals surface area (Å²) in [7, 11) is 0. The summed E-state index contributed by atoms with van der Waals surface area (Å²) in [5.74, 6) is -0.801. The summed E-state index contributed by atoms with van der Waals surface area (Å²) in [5, 5.41) is 2.31. The number of ether oxygens (including phenoxy) is 1. The zero-order valence-electron chi connectivity index (χ0n) is 9.61. The first-order valence-corrected chi connectivity index (χ1v) is 6.24. The predicted molar refractivity (Wildman–Crippen MR) is 69.0 cm³/mol. The van der Waals surface area contributed by atoms with Crippen LogP contribution in [-0.2, 0) is 9.53 Å². The summed E-state index contributed by atoms with van der Waals surface area (Å²) in [6.07, 6.45) is 0.0925. The van der Waals surface area contributed by atoms with E-state index in [0.29, 0.717) is 18.8 Å². The Balaban J connectivity index is 1.90. The molecule has 2 rings (SSSR count). The van der Waals surface area contributed by atoms with Crippen molar-refractivity contribution in [1.82, 2.24) is 5.32 Å². The average Bonchev–Trinajstić information content (AvgIpc) is 2.27. The van der Waals surface area contributed by atoms with Crippen molar-refractivity contribution in [2.24, 2.45) is 5.73 Å². The van der Waals surface area contributed by atoms with E-state index in [9.17, 15) is 9.59 Å². The van der Waals surface area contributed by atoms with Gasteiger partial charge in [0.1, 0.15) is 0 Å². The Hall–Kier alpha value is -1.24. The molecule has 5 nitrogen and oxygen atoms in total. The molecule has 1 aliphatic heterocycles. The van der Waals surface area contributed by atoms with Crippen LogP contribution in [0.3, 0.4) is 0 Å². The van der Waals surface area contributed by atoms with E-state index in [-0.39, 0.29) is 12.3 Å². The number of carbonyl (C=O) groups is 2. The summed E-state index contributed by atoms with van der Waals surface area (Å²) in [4.78, 5) is 23.4. The Kier molecular flexibility index (Phi) is 3.79. The number of benzene rings is 1. The van der Waals surface area contributed by atoms with Crippen LogP contribution < -0.4 is 11.1 Å². The molecular formula is C12H13BrN2O3. The van der Waals surface area contributed by atoms with Gasteiger partial charge in [-0.3, -0.25) is 14.9 Å². The highest BCUT2D eigenvalue weighted by Crippen LogP contribution is 2.17. The van der Waals surface area contributed by atoms with Crippen LogP contribution >= 0.6 is 15.9 Å². The molecule has 0 saturated carbocycles. The van der Waals surface area contributed by atoms with Crippen LogP contribution in [0.1, 0.15) is 16.8 Å². The number of halogens is 1. The van der Waals surface area contributed by atoms with Gasteiger partial charge in [-0.2, -0.15) is 0 Å². The van der Waals surface area contributed by atoms with Crippen LogP contribution in [0.25, 0.3) is 0 Å². The Morgan fingerprint density at radius 1 is 1.33 bits per heavy atom. The fraction of sp³-hybridized carbons (Fsp3) is 0.333. The van der Waals surface area contributed by atoms with Crippen LogP contribution in [0.4, 0.5) is 0 Å². The van der Waals surface area contributed by atoms with E-state index in [1.165, 1.54) is 0 Å². The summed E-state index contributed by atoms with van der Waals surface area (Å²) in [5.41, 5.74) is 5.65. The Bertz CT molecular complexity index is 469. The number of nitrogens with one attached hydrogen (secondary N) is 1. The van der Waals surface area contributed by atoms with E-state index in [2.05, 4.69) is 21.2 Å². The number of imide groups is 1. The van der Waals surface area contributed by atoms with Gasteiger partial charge in [0.05, 0.1) is 18.8 Å². The minimum Gasteiger partial charge on any atom is -0.377 e. The van der Waals surface area contributed by atoms with Crippen LogP contribution in [0.15, 0.2) is 28.7 Å². The molecule has 3 N–H and O–H groups in total. The van der Waals surface area contributed by atoms with E-state index in [0.717, 1.165) is 4.47 Å². The quantitative estimate of drug-likeness (QED) is 0.866. The van der Waals surface area contributed by atoms with E-state index < -0.39 is 11.4 Å². The molecule has 0 aromatic heterocycles. The average molecular weight is 313 g/mol. The highest BCUT2D eigenvalue weighted by molar-refractivity contribution is 9.10. The first kappa shape index (κ1) is 13.2. The molecule has 1 heterocycles. The van der Waals surface area contributed by atoms with E-state index in [1.807, 2.05) is 0 Å². The van der Waals surface area contributed by atoms with E-state index in [1.54, 1.807) is 24.3 Å². The lowest BCUT2D eigenvalue weighted by atomic mass is 9.94. The smallest absolute Gasteiger partial charge is 0.257 e. The second kappa shape index (κ2) is 5.17. The standard InChI is InChI=1S/C12H13BrN2O3/c13-9-3-1-8(2-4-9)11(17)15-10(16)5-12(14)6-18-7-12/h1-4H,5-7,14H2,(H,15,16,17). The first-order chi connectivity index (χ1) is 8.48. The third-order valence-corrected chi connectivity index (χ3v) is 3.18. The van der Waals surface area contributed by atoms with Crippen molar-refractivity contribution in [1.29, 1.82) is 0 Å². The molecule has 0 bridgehead atoms. The van der Waals surface area contributed by atoms with Crippen LogP contribution in [0.2, 0.25) is 0 Å². The van der Waals surface area contributed by atoms with Gasteiger partial charge in [-0.25, -0.2) is 0 Å². The fourth-order valence-electron chi connectivity index (χ4n) is 1.63. The number of amides is 2. The van der Waals surface area contributed by atoms with Crippen molar-refractivity contribution in [2.75, 3.05) is 13.2 Å². The molecule has 0 radical (unpaired) electrons. The Labute approximate surface area is 113 Å². The normalized spacial score (nSPS) is 16.8. The van der Waals surface area contributed by atoms with Gasteiger partial charge in [0.15, 0.2) is 0 Å². The molecule has 2 amide bonds.